The van der Waals surface area contributed by atoms with Gasteiger partial charge in [0.1, 0.15) is 6.61 Å². The molecule has 4 nitrogen and oxygen atoms in total. The summed E-state index contributed by atoms with van der Waals surface area (Å²) in [7, 11) is 0. The SMILES string of the molecule is O=C(NCC[C@@H]1CO1)OCc1ccccc1. The Morgan fingerprint density at radius 1 is 1.44 bits per heavy atom. The van der Waals surface area contributed by atoms with Crippen LogP contribution in [-0.4, -0.2) is 25.3 Å². The van der Waals surface area contributed by atoms with Crippen LogP contribution in [0.5, 0.6) is 0 Å². The van der Waals surface area contributed by atoms with Gasteiger partial charge in [-0.3, -0.25) is 0 Å². The van der Waals surface area contributed by atoms with Crippen LogP contribution in [0.4, 0.5) is 4.79 Å². The lowest BCUT2D eigenvalue weighted by Gasteiger charge is -2.06. The molecule has 0 spiro atoms. The van der Waals surface area contributed by atoms with Crippen LogP contribution in [0.2, 0.25) is 0 Å². The topological polar surface area (TPSA) is 50.9 Å². The lowest BCUT2D eigenvalue weighted by Crippen LogP contribution is -2.26. The lowest BCUT2D eigenvalue weighted by atomic mass is 10.2. The number of epoxide rings is 1. The molecule has 0 bridgehead atoms. The van der Waals surface area contributed by atoms with Gasteiger partial charge in [-0.05, 0) is 12.0 Å². The molecular weight excluding hydrogens is 206 g/mol. The molecule has 1 aromatic carbocycles. The maximum Gasteiger partial charge on any atom is 0.407 e. The Kier molecular flexibility index (Phi) is 3.77. The first-order valence-electron chi connectivity index (χ1n) is 5.41. The van der Waals surface area contributed by atoms with Gasteiger partial charge in [0.25, 0.3) is 0 Å². The van der Waals surface area contributed by atoms with E-state index in [-0.39, 0.29) is 6.09 Å². The van der Waals surface area contributed by atoms with Crippen LogP contribution in [0.15, 0.2) is 30.3 Å². The number of alkyl carbamates (subject to hydrolysis) is 1. The summed E-state index contributed by atoms with van der Waals surface area (Å²) in [5, 5.41) is 2.68. The van der Waals surface area contributed by atoms with Crippen LogP contribution in [0.3, 0.4) is 0 Å². The quantitative estimate of drug-likeness (QED) is 0.770. The maximum absolute atomic E-state index is 11.2. The molecule has 2 rings (SSSR count). The average Bonchev–Trinajstić information content (AvgIpc) is 3.12. The molecule has 1 saturated heterocycles. The van der Waals surface area contributed by atoms with E-state index in [1.54, 1.807) is 0 Å². The average molecular weight is 221 g/mol. The van der Waals surface area contributed by atoms with E-state index in [1.807, 2.05) is 30.3 Å². The number of nitrogens with one attached hydrogen (secondary N) is 1. The molecule has 1 N–H and O–H groups in total. The van der Waals surface area contributed by atoms with Gasteiger partial charge in [-0.1, -0.05) is 30.3 Å². The Hall–Kier alpha value is -1.55. The third kappa shape index (κ3) is 3.90. The molecule has 16 heavy (non-hydrogen) atoms. The van der Waals surface area contributed by atoms with Crippen molar-refractivity contribution >= 4 is 6.09 Å². The third-order valence-electron chi connectivity index (χ3n) is 2.35. The van der Waals surface area contributed by atoms with Gasteiger partial charge >= 0.3 is 6.09 Å². The fourth-order valence-electron chi connectivity index (χ4n) is 1.34. The van der Waals surface area contributed by atoms with Crippen LogP contribution in [-0.2, 0) is 16.1 Å². The fourth-order valence-corrected chi connectivity index (χ4v) is 1.34. The number of benzene rings is 1. The Bertz CT molecular complexity index is 335. The predicted octanol–water partition coefficient (Wildman–Crippen LogP) is 1.70. The van der Waals surface area contributed by atoms with Crippen molar-refractivity contribution in [2.45, 2.75) is 19.1 Å². The highest BCUT2D eigenvalue weighted by Gasteiger charge is 2.21. The van der Waals surface area contributed by atoms with E-state index >= 15 is 0 Å². The Morgan fingerprint density at radius 2 is 2.19 bits per heavy atom. The number of carbonyl (C=O) groups excluding carboxylic acids is 1. The van der Waals surface area contributed by atoms with Gasteiger partial charge in [0.2, 0.25) is 0 Å². The number of carbonyl (C=O) groups is 1. The van der Waals surface area contributed by atoms with Crippen molar-refractivity contribution in [2.24, 2.45) is 0 Å². The maximum atomic E-state index is 11.2. The largest absolute Gasteiger partial charge is 0.445 e. The van der Waals surface area contributed by atoms with Crippen molar-refractivity contribution in [1.29, 1.82) is 0 Å². The summed E-state index contributed by atoms with van der Waals surface area (Å²) in [5.74, 6) is 0. The molecule has 1 fully saturated rings. The first-order chi connectivity index (χ1) is 7.84. The fraction of sp³-hybridized carbons (Fsp3) is 0.417. The van der Waals surface area contributed by atoms with Crippen molar-refractivity contribution in [3.8, 4) is 0 Å². The standard InChI is InChI=1S/C12H15NO3/c14-12(13-7-6-11-9-15-11)16-8-10-4-2-1-3-5-10/h1-5,11H,6-9H2,(H,13,14)/t11-/m1/s1. The summed E-state index contributed by atoms with van der Waals surface area (Å²) < 4.78 is 10.1. The van der Waals surface area contributed by atoms with Crippen LogP contribution in [0.25, 0.3) is 0 Å². The molecule has 0 unspecified atom stereocenters. The molecular formula is C12H15NO3. The van der Waals surface area contributed by atoms with Gasteiger partial charge in [-0.25, -0.2) is 4.79 Å². The molecule has 0 radical (unpaired) electrons. The first-order valence-corrected chi connectivity index (χ1v) is 5.41. The van der Waals surface area contributed by atoms with E-state index in [9.17, 15) is 4.79 Å². The number of ether oxygens (including phenoxy) is 2. The summed E-state index contributed by atoms with van der Waals surface area (Å²) in [5.41, 5.74) is 0.989. The molecule has 1 aliphatic heterocycles. The zero-order valence-corrected chi connectivity index (χ0v) is 9.02. The third-order valence-corrected chi connectivity index (χ3v) is 2.35. The zero-order valence-electron chi connectivity index (χ0n) is 9.02. The number of hydrogen-bond acceptors (Lipinski definition) is 3. The predicted molar refractivity (Wildman–Crippen MR) is 59.0 cm³/mol. The van der Waals surface area contributed by atoms with E-state index in [0.29, 0.717) is 19.3 Å². The van der Waals surface area contributed by atoms with Gasteiger partial charge in [-0.15, -0.1) is 0 Å². The number of hydrogen-bond donors (Lipinski definition) is 1. The summed E-state index contributed by atoms with van der Waals surface area (Å²) >= 11 is 0. The van der Waals surface area contributed by atoms with E-state index in [4.69, 9.17) is 9.47 Å². The molecule has 4 heteroatoms. The van der Waals surface area contributed by atoms with Gasteiger partial charge in [0.15, 0.2) is 0 Å². The molecule has 1 aromatic rings. The van der Waals surface area contributed by atoms with Crippen LogP contribution in [0.1, 0.15) is 12.0 Å². The highest BCUT2D eigenvalue weighted by Crippen LogP contribution is 2.11. The van der Waals surface area contributed by atoms with Gasteiger partial charge in [0.05, 0.1) is 12.7 Å². The van der Waals surface area contributed by atoms with Crippen LogP contribution >= 0.6 is 0 Å². The van der Waals surface area contributed by atoms with Crippen molar-refractivity contribution in [3.63, 3.8) is 0 Å². The van der Waals surface area contributed by atoms with Crippen molar-refractivity contribution in [1.82, 2.24) is 5.32 Å². The first kappa shape index (κ1) is 11.0. The Labute approximate surface area is 94.6 Å². The Morgan fingerprint density at radius 3 is 2.88 bits per heavy atom. The monoisotopic (exact) mass is 221 g/mol. The molecule has 86 valence electrons. The highest BCUT2D eigenvalue weighted by molar-refractivity contribution is 5.67. The normalized spacial score (nSPS) is 17.9. The summed E-state index contributed by atoms with van der Waals surface area (Å²) in [6.07, 6.45) is 0.833. The second kappa shape index (κ2) is 5.51. The van der Waals surface area contributed by atoms with Crippen LogP contribution < -0.4 is 5.32 Å². The van der Waals surface area contributed by atoms with Crippen molar-refractivity contribution in [2.75, 3.05) is 13.2 Å². The van der Waals surface area contributed by atoms with Crippen molar-refractivity contribution in [3.05, 3.63) is 35.9 Å². The van der Waals surface area contributed by atoms with E-state index < -0.39 is 0 Å². The summed E-state index contributed by atoms with van der Waals surface area (Å²) in [6.45, 7) is 1.74. The summed E-state index contributed by atoms with van der Waals surface area (Å²) in [6, 6.07) is 9.61. The molecule has 1 aliphatic rings. The van der Waals surface area contributed by atoms with Crippen molar-refractivity contribution < 1.29 is 14.3 Å². The smallest absolute Gasteiger partial charge is 0.407 e. The molecule has 1 amide bonds. The van der Waals surface area contributed by atoms with Gasteiger partial charge in [0, 0.05) is 6.54 Å². The Balaban J connectivity index is 1.59. The van der Waals surface area contributed by atoms with E-state index in [0.717, 1.165) is 18.6 Å². The van der Waals surface area contributed by atoms with E-state index in [1.165, 1.54) is 0 Å². The molecule has 0 saturated carbocycles. The molecule has 1 atom stereocenters. The molecule has 0 aromatic heterocycles. The molecule has 1 heterocycles. The summed E-state index contributed by atoms with van der Waals surface area (Å²) in [4.78, 5) is 11.2. The minimum absolute atomic E-state index is 0.312. The van der Waals surface area contributed by atoms with E-state index in [2.05, 4.69) is 5.32 Å². The zero-order chi connectivity index (χ0) is 11.2. The second-order valence-corrected chi connectivity index (χ2v) is 3.73. The van der Waals surface area contributed by atoms with Crippen LogP contribution in [0, 0.1) is 0 Å². The minimum atomic E-state index is -0.371. The second-order valence-electron chi connectivity index (χ2n) is 3.73. The lowest BCUT2D eigenvalue weighted by molar-refractivity contribution is 0.139. The molecule has 0 aliphatic carbocycles. The minimum Gasteiger partial charge on any atom is -0.445 e. The number of rotatable bonds is 5. The van der Waals surface area contributed by atoms with Gasteiger partial charge in [-0.2, -0.15) is 0 Å². The van der Waals surface area contributed by atoms with Gasteiger partial charge < -0.3 is 14.8 Å². The number of amides is 1. The highest BCUT2D eigenvalue weighted by atomic mass is 16.6.